The van der Waals surface area contributed by atoms with Crippen LogP contribution < -0.4 is 15.1 Å². The average Bonchev–Trinajstić information content (AvgIpc) is 3.26. The molecular weight excluding hydrogens is 306 g/mol. The molecule has 0 saturated carbocycles. The molecule has 3 heterocycles. The number of carbonyl (C=O) groups is 1. The van der Waals surface area contributed by atoms with Gasteiger partial charge in [-0.3, -0.25) is 4.79 Å². The molecule has 0 spiro atoms. The van der Waals surface area contributed by atoms with Crippen molar-refractivity contribution in [3.8, 4) is 0 Å². The van der Waals surface area contributed by atoms with Crippen molar-refractivity contribution in [2.75, 3.05) is 42.3 Å². The Morgan fingerprint density at radius 1 is 1.38 bits per heavy atom. The van der Waals surface area contributed by atoms with Gasteiger partial charge in [0.15, 0.2) is 5.82 Å². The lowest BCUT2D eigenvalue weighted by Gasteiger charge is -2.20. The number of furan rings is 1. The Hall–Kier alpha value is -2.83. The van der Waals surface area contributed by atoms with Crippen molar-refractivity contribution in [3.63, 3.8) is 0 Å². The van der Waals surface area contributed by atoms with Gasteiger partial charge in [-0.25, -0.2) is 4.98 Å². The van der Waals surface area contributed by atoms with Gasteiger partial charge in [-0.05, 0) is 31.1 Å². The molecule has 1 aliphatic heterocycles. The van der Waals surface area contributed by atoms with E-state index in [9.17, 15) is 4.79 Å². The maximum Gasteiger partial charge on any atom is 0.248 e. The fourth-order valence-corrected chi connectivity index (χ4v) is 2.58. The minimum absolute atomic E-state index is 0.257. The zero-order valence-electron chi connectivity index (χ0n) is 13.9. The van der Waals surface area contributed by atoms with Crippen LogP contribution >= 0.6 is 0 Å². The summed E-state index contributed by atoms with van der Waals surface area (Å²) in [5, 5.41) is 2.82. The van der Waals surface area contributed by atoms with E-state index in [1.807, 2.05) is 19.0 Å². The highest BCUT2D eigenvalue weighted by molar-refractivity contribution is 6.03. The maximum absolute atomic E-state index is 12.1. The van der Waals surface area contributed by atoms with E-state index >= 15 is 0 Å². The molecule has 1 N–H and O–H groups in total. The summed E-state index contributed by atoms with van der Waals surface area (Å²) in [5.41, 5.74) is 0.581. The molecule has 0 radical (unpaired) electrons. The molecule has 7 heteroatoms. The molecule has 126 valence electrons. The van der Waals surface area contributed by atoms with E-state index in [-0.39, 0.29) is 5.91 Å². The number of aromatic nitrogens is 2. The number of nitrogens with one attached hydrogen (secondary N) is 1. The SMILES string of the molecule is CN(C)c1nc(N2CCCC2)ncc1NC(=O)C=Cc1ccco1. The summed E-state index contributed by atoms with van der Waals surface area (Å²) in [6.07, 6.45) is 8.59. The first-order valence-corrected chi connectivity index (χ1v) is 7.95. The zero-order valence-corrected chi connectivity index (χ0v) is 13.9. The molecule has 1 fully saturated rings. The Labute approximate surface area is 141 Å². The molecule has 2 aromatic heterocycles. The van der Waals surface area contributed by atoms with Crippen LogP contribution in [0, 0.1) is 0 Å². The van der Waals surface area contributed by atoms with E-state index in [0.717, 1.165) is 25.9 Å². The van der Waals surface area contributed by atoms with E-state index in [2.05, 4.69) is 20.2 Å². The molecule has 0 bridgehead atoms. The van der Waals surface area contributed by atoms with E-state index < -0.39 is 0 Å². The Morgan fingerprint density at radius 3 is 2.83 bits per heavy atom. The van der Waals surface area contributed by atoms with Crippen molar-refractivity contribution < 1.29 is 9.21 Å². The van der Waals surface area contributed by atoms with Gasteiger partial charge in [0.25, 0.3) is 0 Å². The van der Waals surface area contributed by atoms with Gasteiger partial charge in [-0.15, -0.1) is 0 Å². The Morgan fingerprint density at radius 2 is 2.17 bits per heavy atom. The number of rotatable bonds is 5. The van der Waals surface area contributed by atoms with Crippen molar-refractivity contribution in [2.45, 2.75) is 12.8 Å². The van der Waals surface area contributed by atoms with Crippen molar-refractivity contribution in [3.05, 3.63) is 36.4 Å². The van der Waals surface area contributed by atoms with Gasteiger partial charge >= 0.3 is 0 Å². The lowest BCUT2D eigenvalue weighted by atomic mass is 10.3. The van der Waals surface area contributed by atoms with Gasteiger partial charge in [0, 0.05) is 33.3 Å². The third-order valence-electron chi connectivity index (χ3n) is 3.77. The van der Waals surface area contributed by atoms with E-state index in [1.54, 1.807) is 30.7 Å². The largest absolute Gasteiger partial charge is 0.465 e. The molecule has 2 aromatic rings. The highest BCUT2D eigenvalue weighted by Gasteiger charge is 2.18. The first-order chi connectivity index (χ1) is 11.6. The normalized spacial score (nSPS) is 14.3. The molecule has 0 unspecified atom stereocenters. The van der Waals surface area contributed by atoms with Crippen LogP contribution in [0.1, 0.15) is 18.6 Å². The van der Waals surface area contributed by atoms with Crippen LogP contribution in [-0.2, 0) is 4.79 Å². The molecule has 1 amide bonds. The predicted molar refractivity (Wildman–Crippen MR) is 94.2 cm³/mol. The number of hydrogen-bond acceptors (Lipinski definition) is 6. The summed E-state index contributed by atoms with van der Waals surface area (Å²) in [6.45, 7) is 1.95. The molecule has 1 aliphatic rings. The minimum Gasteiger partial charge on any atom is -0.465 e. The molecule has 1 saturated heterocycles. The zero-order chi connectivity index (χ0) is 16.9. The lowest BCUT2D eigenvalue weighted by Crippen LogP contribution is -2.23. The number of carbonyl (C=O) groups excluding carboxylic acids is 1. The molecule has 0 aromatic carbocycles. The second kappa shape index (κ2) is 7.16. The Kier molecular flexibility index (Phi) is 4.79. The number of amides is 1. The van der Waals surface area contributed by atoms with Crippen molar-refractivity contribution in [2.24, 2.45) is 0 Å². The summed E-state index contributed by atoms with van der Waals surface area (Å²) in [5.74, 6) is 1.76. The smallest absolute Gasteiger partial charge is 0.248 e. The fourth-order valence-electron chi connectivity index (χ4n) is 2.58. The quantitative estimate of drug-likeness (QED) is 0.850. The molecule has 24 heavy (non-hydrogen) atoms. The highest BCUT2D eigenvalue weighted by Crippen LogP contribution is 2.25. The Balaban J connectivity index is 1.75. The summed E-state index contributed by atoms with van der Waals surface area (Å²) >= 11 is 0. The third kappa shape index (κ3) is 3.73. The summed E-state index contributed by atoms with van der Waals surface area (Å²) < 4.78 is 5.16. The molecule has 7 nitrogen and oxygen atoms in total. The molecule has 3 rings (SSSR count). The topological polar surface area (TPSA) is 74.5 Å². The van der Waals surface area contributed by atoms with Crippen LogP contribution in [0.5, 0.6) is 0 Å². The first kappa shape index (κ1) is 16.0. The van der Waals surface area contributed by atoms with Gasteiger partial charge in [0.05, 0.1) is 12.5 Å². The van der Waals surface area contributed by atoms with Crippen LogP contribution in [0.3, 0.4) is 0 Å². The maximum atomic E-state index is 12.1. The summed E-state index contributed by atoms with van der Waals surface area (Å²) in [6, 6.07) is 3.55. The van der Waals surface area contributed by atoms with Gasteiger partial charge < -0.3 is 19.5 Å². The van der Waals surface area contributed by atoms with Gasteiger partial charge in [0.2, 0.25) is 11.9 Å². The van der Waals surface area contributed by atoms with Crippen LogP contribution in [0.15, 0.2) is 35.1 Å². The van der Waals surface area contributed by atoms with Crippen molar-refractivity contribution in [1.82, 2.24) is 9.97 Å². The monoisotopic (exact) mass is 327 g/mol. The standard InChI is InChI=1S/C17H21N5O2/c1-21(2)16-14(12-18-17(20-16)22-9-3-4-10-22)19-15(23)8-7-13-6-5-11-24-13/h5-8,11-12H,3-4,9-10H2,1-2H3,(H,19,23). The second-order valence-electron chi connectivity index (χ2n) is 5.83. The first-order valence-electron chi connectivity index (χ1n) is 7.95. The van der Waals surface area contributed by atoms with Crippen LogP contribution in [-0.4, -0.2) is 43.1 Å². The number of anilines is 3. The van der Waals surface area contributed by atoms with Crippen LogP contribution in [0.25, 0.3) is 6.08 Å². The van der Waals surface area contributed by atoms with Crippen LogP contribution in [0.2, 0.25) is 0 Å². The second-order valence-corrected chi connectivity index (χ2v) is 5.83. The minimum atomic E-state index is -0.257. The van der Waals surface area contributed by atoms with Gasteiger partial charge in [0.1, 0.15) is 11.4 Å². The summed E-state index contributed by atoms with van der Waals surface area (Å²) in [7, 11) is 3.79. The summed E-state index contributed by atoms with van der Waals surface area (Å²) in [4.78, 5) is 25.1. The van der Waals surface area contributed by atoms with Gasteiger partial charge in [-0.1, -0.05) is 0 Å². The van der Waals surface area contributed by atoms with Crippen molar-refractivity contribution in [1.29, 1.82) is 0 Å². The fraction of sp³-hybridized carbons (Fsp3) is 0.353. The Bertz CT molecular complexity index is 719. The molecular formula is C17H21N5O2. The van der Waals surface area contributed by atoms with Crippen LogP contribution in [0.4, 0.5) is 17.5 Å². The number of hydrogen-bond donors (Lipinski definition) is 1. The molecule has 0 aliphatic carbocycles. The van der Waals surface area contributed by atoms with E-state index in [4.69, 9.17) is 4.42 Å². The number of nitrogens with zero attached hydrogens (tertiary/aromatic N) is 4. The van der Waals surface area contributed by atoms with Crippen molar-refractivity contribution >= 4 is 29.4 Å². The predicted octanol–water partition coefficient (Wildman–Crippen LogP) is 2.39. The highest BCUT2D eigenvalue weighted by atomic mass is 16.3. The third-order valence-corrected chi connectivity index (χ3v) is 3.77. The molecule has 0 atom stereocenters. The van der Waals surface area contributed by atoms with E-state index in [0.29, 0.717) is 23.2 Å². The lowest BCUT2D eigenvalue weighted by molar-refractivity contribution is -0.111. The van der Waals surface area contributed by atoms with Gasteiger partial charge in [-0.2, -0.15) is 4.98 Å². The average molecular weight is 327 g/mol. The van der Waals surface area contributed by atoms with E-state index in [1.165, 1.54) is 6.08 Å².